The zero-order valence-electron chi connectivity index (χ0n) is 10.4. The first-order valence-corrected chi connectivity index (χ1v) is 7.53. The van der Waals surface area contributed by atoms with Gasteiger partial charge in [-0.3, -0.25) is 4.79 Å². The molecule has 0 saturated carbocycles. The minimum Gasteiger partial charge on any atom is -0.337 e. The maximum absolute atomic E-state index is 13.7. The molecule has 1 aromatic heterocycles. The van der Waals surface area contributed by atoms with E-state index in [-0.39, 0.29) is 10.6 Å². The highest BCUT2D eigenvalue weighted by molar-refractivity contribution is 7.73. The van der Waals surface area contributed by atoms with Crippen LogP contribution in [0.1, 0.15) is 10.4 Å². The van der Waals surface area contributed by atoms with Crippen LogP contribution in [0.5, 0.6) is 0 Å². The molecule has 0 bridgehead atoms. The fraction of sp³-hybridized carbons (Fsp3) is 0. The SMILES string of the molecule is O=C(Nc1ccc2[nH]c(=S)sc2c1)c1c(F)cccc1Cl. The summed E-state index contributed by atoms with van der Waals surface area (Å²) in [5.74, 6) is -1.24. The molecule has 2 aromatic carbocycles. The van der Waals surface area contributed by atoms with Crippen LogP contribution in [0.25, 0.3) is 10.2 Å². The van der Waals surface area contributed by atoms with Crippen molar-refractivity contribution in [2.75, 3.05) is 5.32 Å². The van der Waals surface area contributed by atoms with E-state index in [0.717, 1.165) is 10.2 Å². The first-order valence-electron chi connectivity index (χ1n) is 5.93. The molecule has 1 heterocycles. The first kappa shape index (κ1) is 14.2. The highest BCUT2D eigenvalue weighted by Gasteiger charge is 2.16. The number of carbonyl (C=O) groups excluding carboxylic acids is 1. The van der Waals surface area contributed by atoms with Crippen molar-refractivity contribution in [2.45, 2.75) is 0 Å². The van der Waals surface area contributed by atoms with E-state index in [1.165, 1.54) is 29.5 Å². The molecular weight excluding hydrogens is 331 g/mol. The lowest BCUT2D eigenvalue weighted by molar-refractivity contribution is 0.102. The van der Waals surface area contributed by atoms with Crippen LogP contribution in [-0.4, -0.2) is 10.9 Å². The van der Waals surface area contributed by atoms with E-state index in [1.54, 1.807) is 18.2 Å². The number of benzene rings is 2. The number of hydrogen-bond donors (Lipinski definition) is 2. The summed E-state index contributed by atoms with van der Waals surface area (Å²) in [7, 11) is 0. The van der Waals surface area contributed by atoms with Gasteiger partial charge < -0.3 is 10.3 Å². The Hall–Kier alpha value is -1.76. The van der Waals surface area contributed by atoms with Crippen molar-refractivity contribution in [2.24, 2.45) is 0 Å². The average Bonchev–Trinajstić information content (AvgIpc) is 2.77. The van der Waals surface area contributed by atoms with Gasteiger partial charge in [0.15, 0.2) is 3.95 Å². The molecule has 0 saturated heterocycles. The predicted molar refractivity (Wildman–Crippen MR) is 86.4 cm³/mol. The maximum atomic E-state index is 13.7. The second-order valence-corrected chi connectivity index (χ2v) is 6.40. The highest BCUT2D eigenvalue weighted by atomic mass is 35.5. The number of aromatic nitrogens is 1. The highest BCUT2D eigenvalue weighted by Crippen LogP contribution is 2.25. The lowest BCUT2D eigenvalue weighted by Crippen LogP contribution is -2.14. The number of H-pyrrole nitrogens is 1. The molecule has 3 nitrogen and oxygen atoms in total. The second kappa shape index (κ2) is 5.55. The smallest absolute Gasteiger partial charge is 0.260 e. The molecule has 3 rings (SSSR count). The summed E-state index contributed by atoms with van der Waals surface area (Å²) >= 11 is 12.3. The van der Waals surface area contributed by atoms with Crippen LogP contribution in [0.2, 0.25) is 5.02 Å². The average molecular weight is 339 g/mol. The van der Waals surface area contributed by atoms with Crippen LogP contribution in [0, 0.1) is 9.77 Å². The minimum atomic E-state index is -0.654. The van der Waals surface area contributed by atoms with Crippen LogP contribution < -0.4 is 5.32 Å². The van der Waals surface area contributed by atoms with Crippen molar-refractivity contribution in [3.05, 3.63) is 56.8 Å². The molecule has 21 heavy (non-hydrogen) atoms. The van der Waals surface area contributed by atoms with E-state index >= 15 is 0 Å². The van der Waals surface area contributed by atoms with E-state index in [9.17, 15) is 9.18 Å². The topological polar surface area (TPSA) is 44.9 Å². The number of halogens is 2. The zero-order valence-corrected chi connectivity index (χ0v) is 12.8. The van der Waals surface area contributed by atoms with E-state index < -0.39 is 11.7 Å². The van der Waals surface area contributed by atoms with Crippen LogP contribution in [-0.2, 0) is 0 Å². The van der Waals surface area contributed by atoms with E-state index in [2.05, 4.69) is 10.3 Å². The van der Waals surface area contributed by atoms with Crippen molar-refractivity contribution in [3.8, 4) is 0 Å². The van der Waals surface area contributed by atoms with Crippen LogP contribution in [0.4, 0.5) is 10.1 Å². The third-order valence-electron chi connectivity index (χ3n) is 2.87. The van der Waals surface area contributed by atoms with E-state index in [0.29, 0.717) is 9.64 Å². The summed E-state index contributed by atoms with van der Waals surface area (Å²) < 4.78 is 15.3. The Kier molecular flexibility index (Phi) is 3.75. The third kappa shape index (κ3) is 2.83. The first-order chi connectivity index (χ1) is 10.0. The lowest BCUT2D eigenvalue weighted by Gasteiger charge is -2.07. The molecule has 0 fully saturated rings. The fourth-order valence-electron chi connectivity index (χ4n) is 1.93. The number of thiazole rings is 1. The monoisotopic (exact) mass is 338 g/mol. The number of nitrogens with one attached hydrogen (secondary N) is 2. The summed E-state index contributed by atoms with van der Waals surface area (Å²) in [6, 6.07) is 9.42. The fourth-order valence-corrected chi connectivity index (χ4v) is 3.34. The summed E-state index contributed by atoms with van der Waals surface area (Å²) in [4.78, 5) is 15.2. The molecule has 1 amide bonds. The van der Waals surface area contributed by atoms with Crippen molar-refractivity contribution < 1.29 is 9.18 Å². The van der Waals surface area contributed by atoms with Gasteiger partial charge in [-0.2, -0.15) is 0 Å². The Balaban J connectivity index is 1.94. The molecule has 2 N–H and O–H groups in total. The van der Waals surface area contributed by atoms with Gasteiger partial charge in [-0.25, -0.2) is 4.39 Å². The van der Waals surface area contributed by atoms with E-state index in [1.807, 2.05) is 0 Å². The molecule has 0 atom stereocenters. The van der Waals surface area contributed by atoms with Gasteiger partial charge in [0, 0.05) is 5.69 Å². The standard InChI is InChI=1S/C14H8ClFN2OS2/c15-8-2-1-3-9(16)12(8)13(19)17-7-4-5-10-11(6-7)21-14(20)18-10/h1-6H,(H,17,19)(H,18,20). The van der Waals surface area contributed by atoms with Gasteiger partial charge in [-0.1, -0.05) is 17.7 Å². The summed E-state index contributed by atoms with van der Waals surface area (Å²) in [5.41, 5.74) is 1.28. The molecule has 3 aromatic rings. The van der Waals surface area contributed by atoms with Crippen molar-refractivity contribution in [1.29, 1.82) is 0 Å². The number of fused-ring (bicyclic) bond motifs is 1. The van der Waals surface area contributed by atoms with Gasteiger partial charge >= 0.3 is 0 Å². The number of hydrogen-bond acceptors (Lipinski definition) is 3. The second-order valence-electron chi connectivity index (χ2n) is 4.28. The Morgan fingerprint density at radius 3 is 2.90 bits per heavy atom. The number of aromatic amines is 1. The van der Waals surface area contributed by atoms with Crippen molar-refractivity contribution in [3.63, 3.8) is 0 Å². The van der Waals surface area contributed by atoms with Crippen LogP contribution >= 0.6 is 35.2 Å². The molecule has 0 unspecified atom stereocenters. The molecule has 0 spiro atoms. The van der Waals surface area contributed by atoms with Gasteiger partial charge in [0.05, 0.1) is 20.8 Å². The summed E-state index contributed by atoms with van der Waals surface area (Å²) in [5, 5.41) is 2.71. The molecule has 0 radical (unpaired) electrons. The van der Waals surface area contributed by atoms with Gasteiger partial charge in [0.25, 0.3) is 5.91 Å². The largest absolute Gasteiger partial charge is 0.337 e. The normalized spacial score (nSPS) is 10.8. The van der Waals surface area contributed by atoms with Crippen LogP contribution in [0.15, 0.2) is 36.4 Å². The Morgan fingerprint density at radius 1 is 1.33 bits per heavy atom. The molecule has 7 heteroatoms. The van der Waals surface area contributed by atoms with Gasteiger partial charge in [-0.15, -0.1) is 11.3 Å². The molecule has 0 aliphatic rings. The van der Waals surface area contributed by atoms with Gasteiger partial charge in [0.1, 0.15) is 5.82 Å². The van der Waals surface area contributed by atoms with Gasteiger partial charge in [-0.05, 0) is 42.5 Å². The molecule has 106 valence electrons. The number of rotatable bonds is 2. The van der Waals surface area contributed by atoms with E-state index in [4.69, 9.17) is 23.8 Å². The minimum absolute atomic E-state index is 0.0749. The predicted octanol–water partition coefficient (Wildman–Crippen LogP) is 5.00. The molecule has 0 aliphatic carbocycles. The maximum Gasteiger partial charge on any atom is 0.260 e. The number of amides is 1. The van der Waals surface area contributed by atoms with Crippen LogP contribution in [0.3, 0.4) is 0 Å². The number of anilines is 1. The molecule has 0 aliphatic heterocycles. The van der Waals surface area contributed by atoms with Crippen molar-refractivity contribution >= 4 is 57.0 Å². The Bertz CT molecular complexity index is 883. The quantitative estimate of drug-likeness (QED) is 0.645. The third-order valence-corrected chi connectivity index (χ3v) is 4.38. The Morgan fingerprint density at radius 2 is 2.14 bits per heavy atom. The molecular formula is C14H8ClFN2OS2. The van der Waals surface area contributed by atoms with Gasteiger partial charge in [0.2, 0.25) is 0 Å². The Labute approximate surface area is 133 Å². The van der Waals surface area contributed by atoms with Crippen molar-refractivity contribution in [1.82, 2.24) is 4.98 Å². The lowest BCUT2D eigenvalue weighted by atomic mass is 10.2. The summed E-state index contributed by atoms with van der Waals surface area (Å²) in [6.45, 7) is 0. The summed E-state index contributed by atoms with van der Waals surface area (Å²) in [6.07, 6.45) is 0. The number of carbonyl (C=O) groups is 1. The zero-order chi connectivity index (χ0) is 15.0.